The first kappa shape index (κ1) is 20.8. The highest BCUT2D eigenvalue weighted by atomic mass is 16.5. The number of rotatable bonds is 6. The van der Waals surface area contributed by atoms with Crippen molar-refractivity contribution in [3.05, 3.63) is 66.1 Å². The summed E-state index contributed by atoms with van der Waals surface area (Å²) in [5, 5.41) is 2.81. The Morgan fingerprint density at radius 3 is 2.52 bits per heavy atom. The minimum Gasteiger partial charge on any atom is -0.469 e. The van der Waals surface area contributed by atoms with Gasteiger partial charge in [0.2, 0.25) is 11.8 Å². The molecule has 0 spiro atoms. The van der Waals surface area contributed by atoms with Gasteiger partial charge in [0.15, 0.2) is 0 Å². The molecule has 1 fully saturated rings. The first-order valence-electron chi connectivity index (χ1n) is 10.3. The summed E-state index contributed by atoms with van der Waals surface area (Å²) in [6.45, 7) is 3.44. The van der Waals surface area contributed by atoms with Crippen LogP contribution in [0, 0.1) is 6.92 Å². The number of nitrogens with zero attached hydrogens (tertiary/aromatic N) is 2. The molecule has 31 heavy (non-hydrogen) atoms. The molecule has 2 aromatic carbocycles. The van der Waals surface area contributed by atoms with E-state index in [0.29, 0.717) is 31.3 Å². The van der Waals surface area contributed by atoms with Crippen LogP contribution in [-0.2, 0) is 20.9 Å². The quantitative estimate of drug-likeness (QED) is 0.618. The van der Waals surface area contributed by atoms with E-state index in [1.54, 1.807) is 0 Å². The molecule has 1 atom stereocenters. The van der Waals surface area contributed by atoms with Gasteiger partial charge in [0.1, 0.15) is 11.8 Å². The van der Waals surface area contributed by atoms with E-state index in [1.807, 2.05) is 54.3 Å². The molecule has 2 heterocycles. The highest BCUT2D eigenvalue weighted by Crippen LogP contribution is 2.27. The van der Waals surface area contributed by atoms with Gasteiger partial charge in [0.05, 0.1) is 19.2 Å². The zero-order chi connectivity index (χ0) is 21.8. The highest BCUT2D eigenvalue weighted by Gasteiger charge is 2.33. The van der Waals surface area contributed by atoms with Crippen LogP contribution in [0.4, 0.5) is 0 Å². The fourth-order valence-electron chi connectivity index (χ4n) is 3.74. The number of methoxy groups -OCH3 is 1. The number of piperazine rings is 1. The van der Waals surface area contributed by atoms with E-state index in [9.17, 15) is 9.59 Å². The van der Waals surface area contributed by atoms with Crippen molar-refractivity contribution >= 4 is 11.9 Å². The van der Waals surface area contributed by atoms with Crippen LogP contribution in [-0.4, -0.2) is 48.0 Å². The number of aryl methyl sites for hydroxylation is 1. The van der Waals surface area contributed by atoms with Crippen LogP contribution in [0.25, 0.3) is 22.6 Å². The monoisotopic (exact) mass is 419 g/mol. The molecule has 0 aliphatic carbocycles. The van der Waals surface area contributed by atoms with Crippen LogP contribution >= 0.6 is 0 Å². The summed E-state index contributed by atoms with van der Waals surface area (Å²) in [5.41, 5.74) is 3.92. The molecule has 1 amide bonds. The molecule has 0 bridgehead atoms. The van der Waals surface area contributed by atoms with Gasteiger partial charge in [-0.2, -0.15) is 0 Å². The number of nitrogens with one attached hydrogen (secondary N) is 1. The molecule has 1 unspecified atom stereocenters. The molecule has 1 aliphatic heterocycles. The van der Waals surface area contributed by atoms with E-state index in [2.05, 4.69) is 22.4 Å². The van der Waals surface area contributed by atoms with Gasteiger partial charge in [0, 0.05) is 25.2 Å². The van der Waals surface area contributed by atoms with Crippen molar-refractivity contribution in [1.29, 1.82) is 0 Å². The Morgan fingerprint density at radius 1 is 1.13 bits per heavy atom. The van der Waals surface area contributed by atoms with E-state index in [0.717, 1.165) is 22.4 Å². The third kappa shape index (κ3) is 4.67. The molecule has 1 aliphatic rings. The number of esters is 1. The molecule has 160 valence electrons. The third-order valence-electron chi connectivity index (χ3n) is 5.51. The maximum atomic E-state index is 12.3. The van der Waals surface area contributed by atoms with Crippen LogP contribution in [0.15, 0.2) is 59.0 Å². The second-order valence-corrected chi connectivity index (χ2v) is 7.52. The van der Waals surface area contributed by atoms with Crippen molar-refractivity contribution in [3.8, 4) is 22.6 Å². The van der Waals surface area contributed by atoms with Gasteiger partial charge in [-0.1, -0.05) is 42.5 Å². The van der Waals surface area contributed by atoms with Gasteiger partial charge >= 0.3 is 5.97 Å². The Hall–Kier alpha value is -3.45. The van der Waals surface area contributed by atoms with Crippen molar-refractivity contribution in [2.24, 2.45) is 0 Å². The zero-order valence-electron chi connectivity index (χ0n) is 17.6. The van der Waals surface area contributed by atoms with Crippen molar-refractivity contribution in [3.63, 3.8) is 0 Å². The van der Waals surface area contributed by atoms with Gasteiger partial charge in [-0.05, 0) is 30.2 Å². The number of hydrogen-bond acceptors (Lipinski definition) is 6. The Labute approximate surface area is 181 Å². The molecule has 1 saturated heterocycles. The van der Waals surface area contributed by atoms with E-state index in [4.69, 9.17) is 9.15 Å². The number of carbonyl (C=O) groups excluding carboxylic acids is 2. The number of aromatic nitrogens is 1. The molecule has 4 rings (SSSR count). The summed E-state index contributed by atoms with van der Waals surface area (Å²) in [5.74, 6) is 0.653. The number of carbonyl (C=O) groups is 2. The fourth-order valence-corrected chi connectivity index (χ4v) is 3.74. The summed E-state index contributed by atoms with van der Waals surface area (Å²) in [4.78, 5) is 30.7. The smallest absolute Gasteiger partial charge is 0.307 e. The van der Waals surface area contributed by atoms with Crippen molar-refractivity contribution < 1.29 is 18.7 Å². The Kier molecular flexibility index (Phi) is 6.13. The molecule has 7 heteroatoms. The SMILES string of the molecule is COC(=O)CC1C(=O)NCCN1Cc1nc(-c2ccc(-c3ccccc3)cc2)oc1C. The first-order valence-corrected chi connectivity index (χ1v) is 10.3. The van der Waals surface area contributed by atoms with Crippen LogP contribution in [0.1, 0.15) is 17.9 Å². The molecular formula is C24H25N3O4. The number of hydrogen-bond donors (Lipinski definition) is 1. The summed E-state index contributed by atoms with van der Waals surface area (Å²) in [7, 11) is 1.32. The number of amides is 1. The van der Waals surface area contributed by atoms with Gasteiger partial charge < -0.3 is 14.5 Å². The van der Waals surface area contributed by atoms with E-state index >= 15 is 0 Å². The minimum atomic E-state index is -0.578. The molecule has 7 nitrogen and oxygen atoms in total. The third-order valence-corrected chi connectivity index (χ3v) is 5.51. The zero-order valence-corrected chi connectivity index (χ0v) is 17.6. The largest absolute Gasteiger partial charge is 0.469 e. The number of benzene rings is 2. The number of oxazole rings is 1. The van der Waals surface area contributed by atoms with E-state index in [-0.39, 0.29) is 12.3 Å². The van der Waals surface area contributed by atoms with Gasteiger partial charge in [-0.3, -0.25) is 14.5 Å². The topological polar surface area (TPSA) is 84.7 Å². The fraction of sp³-hybridized carbons (Fsp3) is 0.292. The molecule has 0 radical (unpaired) electrons. The number of ether oxygens (including phenoxy) is 1. The van der Waals surface area contributed by atoms with E-state index in [1.165, 1.54) is 7.11 Å². The Bertz CT molecular complexity index is 1060. The van der Waals surface area contributed by atoms with Gasteiger partial charge in [-0.15, -0.1) is 0 Å². The van der Waals surface area contributed by atoms with Crippen LogP contribution in [0.2, 0.25) is 0 Å². The second-order valence-electron chi connectivity index (χ2n) is 7.52. The highest BCUT2D eigenvalue weighted by molar-refractivity contribution is 5.87. The predicted molar refractivity (Wildman–Crippen MR) is 116 cm³/mol. The van der Waals surface area contributed by atoms with Crippen molar-refractivity contribution in [2.75, 3.05) is 20.2 Å². The molecular weight excluding hydrogens is 394 g/mol. The summed E-state index contributed by atoms with van der Waals surface area (Å²) >= 11 is 0. The maximum Gasteiger partial charge on any atom is 0.307 e. The Morgan fingerprint density at radius 2 is 1.81 bits per heavy atom. The lowest BCUT2D eigenvalue weighted by atomic mass is 10.0. The summed E-state index contributed by atoms with van der Waals surface area (Å²) < 4.78 is 10.7. The summed E-state index contributed by atoms with van der Waals surface area (Å²) in [6, 6.07) is 17.7. The lowest BCUT2D eigenvalue weighted by Crippen LogP contribution is -2.55. The maximum absolute atomic E-state index is 12.3. The lowest BCUT2D eigenvalue weighted by Gasteiger charge is -2.33. The standard InChI is InChI=1S/C24H25N3O4/c1-16-20(15-27-13-12-25-23(29)21(27)14-22(28)30-2)26-24(31-16)19-10-8-18(9-11-19)17-6-4-3-5-7-17/h3-11,21H,12-15H2,1-2H3,(H,25,29). The van der Waals surface area contributed by atoms with Crippen molar-refractivity contribution in [1.82, 2.24) is 15.2 Å². The lowest BCUT2D eigenvalue weighted by molar-refractivity contribution is -0.146. The molecule has 3 aromatic rings. The average Bonchev–Trinajstić information content (AvgIpc) is 3.17. The molecule has 1 N–H and O–H groups in total. The van der Waals surface area contributed by atoms with Crippen LogP contribution in [0.3, 0.4) is 0 Å². The average molecular weight is 419 g/mol. The minimum absolute atomic E-state index is 0.00698. The van der Waals surface area contributed by atoms with Crippen molar-refractivity contribution in [2.45, 2.75) is 25.9 Å². The van der Waals surface area contributed by atoms with Crippen LogP contribution in [0.5, 0.6) is 0 Å². The summed E-state index contributed by atoms with van der Waals surface area (Å²) in [6.07, 6.45) is 0.00698. The normalized spacial score (nSPS) is 16.7. The predicted octanol–water partition coefficient (Wildman–Crippen LogP) is 3.18. The molecule has 0 saturated carbocycles. The van der Waals surface area contributed by atoms with Gasteiger partial charge in [-0.25, -0.2) is 4.98 Å². The second kappa shape index (κ2) is 9.14. The van der Waals surface area contributed by atoms with Crippen LogP contribution < -0.4 is 5.32 Å². The Balaban J connectivity index is 1.52. The molecule has 1 aromatic heterocycles. The van der Waals surface area contributed by atoms with E-state index < -0.39 is 12.0 Å². The first-order chi connectivity index (χ1) is 15.0. The van der Waals surface area contributed by atoms with Gasteiger partial charge in [0.25, 0.3) is 0 Å².